The van der Waals surface area contributed by atoms with Crippen LogP contribution in [0.5, 0.6) is 0 Å². The SMILES string of the molecule is Cc1cc[n+](Cc2c[n+](C)c(C)cc2N)cc1. The summed E-state index contributed by atoms with van der Waals surface area (Å²) in [6.07, 6.45) is 6.25. The molecule has 2 heterocycles. The van der Waals surface area contributed by atoms with Crippen molar-refractivity contribution in [1.82, 2.24) is 0 Å². The minimum atomic E-state index is 0.806. The standard InChI is InChI=1S/C14H18N3/c1-11-4-6-17(7-5-11)10-13-9-16(3)12(2)8-14(13)15/h4-9,15H,10H2,1-3H3/q+1/p+1. The molecule has 0 saturated heterocycles. The van der Waals surface area contributed by atoms with Crippen molar-refractivity contribution in [2.75, 3.05) is 5.73 Å². The minimum Gasteiger partial charge on any atom is -0.398 e. The zero-order chi connectivity index (χ0) is 12.4. The molecule has 0 fully saturated rings. The van der Waals surface area contributed by atoms with E-state index in [1.807, 2.05) is 13.1 Å². The average Bonchev–Trinajstić information content (AvgIpc) is 2.29. The van der Waals surface area contributed by atoms with Gasteiger partial charge in [-0.1, -0.05) is 0 Å². The van der Waals surface area contributed by atoms with Crippen LogP contribution in [0.25, 0.3) is 0 Å². The van der Waals surface area contributed by atoms with E-state index < -0.39 is 0 Å². The molecule has 2 rings (SSSR count). The lowest BCUT2D eigenvalue weighted by Gasteiger charge is -2.02. The van der Waals surface area contributed by atoms with Gasteiger partial charge in [0, 0.05) is 25.1 Å². The van der Waals surface area contributed by atoms with E-state index in [1.54, 1.807) is 0 Å². The van der Waals surface area contributed by atoms with E-state index in [9.17, 15) is 0 Å². The van der Waals surface area contributed by atoms with Gasteiger partial charge in [-0.3, -0.25) is 0 Å². The molecule has 0 aliphatic heterocycles. The van der Waals surface area contributed by atoms with Gasteiger partial charge in [0.2, 0.25) is 0 Å². The lowest BCUT2D eigenvalue weighted by molar-refractivity contribution is -0.696. The lowest BCUT2D eigenvalue weighted by Crippen LogP contribution is -2.37. The van der Waals surface area contributed by atoms with Gasteiger partial charge in [-0.05, 0) is 12.5 Å². The van der Waals surface area contributed by atoms with Gasteiger partial charge in [-0.25, -0.2) is 9.13 Å². The molecule has 0 atom stereocenters. The normalized spacial score (nSPS) is 10.5. The van der Waals surface area contributed by atoms with E-state index in [0.29, 0.717) is 0 Å². The molecular weight excluding hydrogens is 210 g/mol. The fourth-order valence-electron chi connectivity index (χ4n) is 1.80. The highest BCUT2D eigenvalue weighted by Crippen LogP contribution is 2.09. The number of nitrogens with two attached hydrogens (primary N) is 1. The van der Waals surface area contributed by atoms with Gasteiger partial charge in [-0.2, -0.15) is 0 Å². The predicted octanol–water partition coefficient (Wildman–Crippen LogP) is 1.05. The fraction of sp³-hybridized carbons (Fsp3) is 0.286. The van der Waals surface area contributed by atoms with Crippen molar-refractivity contribution in [3.8, 4) is 0 Å². The predicted molar refractivity (Wildman–Crippen MR) is 67.2 cm³/mol. The zero-order valence-corrected chi connectivity index (χ0v) is 10.6. The van der Waals surface area contributed by atoms with E-state index in [-0.39, 0.29) is 0 Å². The zero-order valence-electron chi connectivity index (χ0n) is 10.6. The molecule has 0 radical (unpaired) electrons. The number of nitrogens with zero attached hydrogens (tertiary/aromatic N) is 2. The first-order chi connectivity index (χ1) is 8.06. The number of rotatable bonds is 2. The first-order valence-corrected chi connectivity index (χ1v) is 5.76. The monoisotopic (exact) mass is 229 g/mol. The molecule has 2 N–H and O–H groups in total. The fourth-order valence-corrected chi connectivity index (χ4v) is 1.80. The van der Waals surface area contributed by atoms with Crippen LogP contribution in [0.1, 0.15) is 16.8 Å². The first kappa shape index (κ1) is 11.6. The maximum atomic E-state index is 6.04. The number of hydrogen-bond acceptors (Lipinski definition) is 1. The van der Waals surface area contributed by atoms with E-state index in [0.717, 1.165) is 17.8 Å². The highest BCUT2D eigenvalue weighted by atomic mass is 15.0. The summed E-state index contributed by atoms with van der Waals surface area (Å²) in [6, 6.07) is 6.22. The van der Waals surface area contributed by atoms with Crippen LogP contribution in [0.4, 0.5) is 5.69 Å². The number of nitrogen functional groups attached to an aromatic ring is 1. The van der Waals surface area contributed by atoms with Crippen LogP contribution in [-0.4, -0.2) is 0 Å². The van der Waals surface area contributed by atoms with Gasteiger partial charge in [0.25, 0.3) is 0 Å². The molecular formula is C14H19N3+2. The van der Waals surface area contributed by atoms with E-state index in [1.165, 1.54) is 11.3 Å². The average molecular weight is 229 g/mol. The summed E-state index contributed by atoms with van der Waals surface area (Å²) in [5.41, 5.74) is 10.5. The number of aryl methyl sites for hydroxylation is 3. The maximum Gasteiger partial charge on any atom is 0.181 e. The van der Waals surface area contributed by atoms with Gasteiger partial charge in [0.1, 0.15) is 12.6 Å². The number of pyridine rings is 2. The molecule has 3 heteroatoms. The number of hydrogen-bond donors (Lipinski definition) is 1. The van der Waals surface area contributed by atoms with Crippen LogP contribution in [0.3, 0.4) is 0 Å². The molecule has 2 aromatic heterocycles. The quantitative estimate of drug-likeness (QED) is 0.767. The third kappa shape index (κ3) is 2.61. The smallest absolute Gasteiger partial charge is 0.181 e. The molecule has 0 spiro atoms. The van der Waals surface area contributed by atoms with Crippen molar-refractivity contribution >= 4 is 5.69 Å². The van der Waals surface area contributed by atoms with Gasteiger partial charge < -0.3 is 5.73 Å². The number of aromatic nitrogens is 2. The lowest BCUT2D eigenvalue weighted by atomic mass is 10.2. The Bertz CT molecular complexity index is 530. The second kappa shape index (κ2) is 4.53. The molecule has 0 saturated carbocycles. The molecule has 17 heavy (non-hydrogen) atoms. The number of anilines is 1. The molecule has 3 nitrogen and oxygen atoms in total. The van der Waals surface area contributed by atoms with Crippen LogP contribution in [0.2, 0.25) is 0 Å². The second-order valence-electron chi connectivity index (χ2n) is 4.55. The van der Waals surface area contributed by atoms with Crippen LogP contribution in [0, 0.1) is 13.8 Å². The highest BCUT2D eigenvalue weighted by molar-refractivity contribution is 5.44. The highest BCUT2D eigenvalue weighted by Gasteiger charge is 2.12. The van der Waals surface area contributed by atoms with Crippen molar-refractivity contribution in [3.63, 3.8) is 0 Å². The van der Waals surface area contributed by atoms with Crippen LogP contribution in [-0.2, 0) is 13.6 Å². The topological polar surface area (TPSA) is 33.8 Å². The van der Waals surface area contributed by atoms with Crippen LogP contribution in [0.15, 0.2) is 36.8 Å². The van der Waals surface area contributed by atoms with Crippen LogP contribution < -0.4 is 14.9 Å². The Labute approximate surface area is 102 Å². The third-order valence-corrected chi connectivity index (χ3v) is 3.05. The summed E-state index contributed by atoms with van der Waals surface area (Å²) >= 11 is 0. The van der Waals surface area contributed by atoms with Crippen molar-refractivity contribution in [2.45, 2.75) is 20.4 Å². The Morgan fingerprint density at radius 2 is 1.82 bits per heavy atom. The van der Waals surface area contributed by atoms with Crippen molar-refractivity contribution in [1.29, 1.82) is 0 Å². The molecule has 2 aromatic rings. The van der Waals surface area contributed by atoms with Gasteiger partial charge in [0.15, 0.2) is 30.8 Å². The Morgan fingerprint density at radius 1 is 1.18 bits per heavy atom. The largest absolute Gasteiger partial charge is 0.398 e. The Morgan fingerprint density at radius 3 is 2.47 bits per heavy atom. The Hall–Kier alpha value is -1.90. The summed E-state index contributed by atoms with van der Waals surface area (Å²) in [4.78, 5) is 0. The second-order valence-corrected chi connectivity index (χ2v) is 4.55. The third-order valence-electron chi connectivity index (χ3n) is 3.05. The Balaban J connectivity index is 2.30. The van der Waals surface area contributed by atoms with Gasteiger partial charge >= 0.3 is 0 Å². The first-order valence-electron chi connectivity index (χ1n) is 5.76. The van der Waals surface area contributed by atoms with E-state index >= 15 is 0 Å². The molecule has 0 amide bonds. The summed E-state index contributed by atoms with van der Waals surface area (Å²) in [6.45, 7) is 4.95. The Kier molecular flexibility index (Phi) is 3.09. The maximum absolute atomic E-state index is 6.04. The molecule has 0 aliphatic rings. The summed E-state index contributed by atoms with van der Waals surface area (Å²) < 4.78 is 4.23. The minimum absolute atomic E-state index is 0.806. The van der Waals surface area contributed by atoms with Crippen LogP contribution >= 0.6 is 0 Å². The van der Waals surface area contributed by atoms with Crippen molar-refractivity contribution in [2.24, 2.45) is 7.05 Å². The molecule has 0 unspecified atom stereocenters. The summed E-state index contributed by atoms with van der Waals surface area (Å²) in [5.74, 6) is 0. The summed E-state index contributed by atoms with van der Waals surface area (Å²) in [7, 11) is 2.04. The molecule has 0 bridgehead atoms. The van der Waals surface area contributed by atoms with Gasteiger partial charge in [0.05, 0.1) is 5.69 Å². The molecule has 88 valence electrons. The van der Waals surface area contributed by atoms with E-state index in [2.05, 4.69) is 53.7 Å². The van der Waals surface area contributed by atoms with Crippen molar-refractivity contribution in [3.05, 3.63) is 53.6 Å². The molecule has 0 aromatic carbocycles. The van der Waals surface area contributed by atoms with E-state index in [4.69, 9.17) is 5.73 Å². The van der Waals surface area contributed by atoms with Crippen molar-refractivity contribution < 1.29 is 9.13 Å². The summed E-state index contributed by atoms with van der Waals surface area (Å²) in [5, 5.41) is 0. The molecule has 0 aliphatic carbocycles. The van der Waals surface area contributed by atoms with Gasteiger partial charge in [-0.15, -0.1) is 0 Å².